The van der Waals surface area contributed by atoms with Crippen molar-refractivity contribution in [3.63, 3.8) is 0 Å². The zero-order valence-electron chi connectivity index (χ0n) is 11.2. The molecule has 110 valence electrons. The number of aromatic nitrogens is 3. The smallest absolute Gasteiger partial charge is 0.216 e. The van der Waals surface area contributed by atoms with Gasteiger partial charge in [0.2, 0.25) is 4.77 Å². The molecule has 0 saturated heterocycles. The molecule has 1 aromatic heterocycles. The minimum absolute atomic E-state index is 0.286. The number of benzene rings is 2. The first-order valence-corrected chi connectivity index (χ1v) is 7.57. The third-order valence-corrected chi connectivity index (χ3v) is 3.91. The van der Waals surface area contributed by atoms with Crippen molar-refractivity contribution in [3.8, 4) is 11.4 Å². The molecule has 1 N–H and O–H groups in total. The van der Waals surface area contributed by atoms with E-state index in [1.54, 1.807) is 18.3 Å². The molecule has 7 heteroatoms. The molecule has 0 atom stereocenters. The fourth-order valence-electron chi connectivity index (χ4n) is 1.89. The first kappa shape index (κ1) is 14.8. The maximum absolute atomic E-state index is 12.9. The number of aromatic amines is 1. The van der Waals surface area contributed by atoms with Gasteiger partial charge in [-0.15, -0.1) is 0 Å². The van der Waals surface area contributed by atoms with Gasteiger partial charge in [0.25, 0.3) is 0 Å². The van der Waals surface area contributed by atoms with Crippen molar-refractivity contribution in [2.75, 3.05) is 0 Å². The molecule has 3 rings (SSSR count). The van der Waals surface area contributed by atoms with Crippen LogP contribution in [0.15, 0.2) is 58.1 Å². The van der Waals surface area contributed by atoms with E-state index >= 15 is 0 Å². The summed E-state index contributed by atoms with van der Waals surface area (Å²) in [6.45, 7) is 0. The van der Waals surface area contributed by atoms with Crippen LogP contribution in [0.4, 0.5) is 4.39 Å². The normalized spacial score (nSPS) is 11.2. The van der Waals surface area contributed by atoms with Crippen LogP contribution in [-0.4, -0.2) is 21.1 Å². The minimum atomic E-state index is -0.286. The summed E-state index contributed by atoms with van der Waals surface area (Å²) in [5.41, 5.74) is 1.63. The van der Waals surface area contributed by atoms with E-state index in [2.05, 4.69) is 31.2 Å². The van der Waals surface area contributed by atoms with Crippen LogP contribution in [0.25, 0.3) is 11.4 Å². The topological polar surface area (TPSA) is 46.0 Å². The van der Waals surface area contributed by atoms with E-state index in [-0.39, 0.29) is 5.82 Å². The Morgan fingerprint density at radius 1 is 1.18 bits per heavy atom. The number of rotatable bonds is 3. The van der Waals surface area contributed by atoms with Gasteiger partial charge >= 0.3 is 0 Å². The summed E-state index contributed by atoms with van der Waals surface area (Å²) in [7, 11) is 0. The van der Waals surface area contributed by atoms with Crippen LogP contribution in [0, 0.1) is 10.6 Å². The molecule has 0 saturated carbocycles. The summed E-state index contributed by atoms with van der Waals surface area (Å²) in [6.07, 6.45) is 1.60. The summed E-state index contributed by atoms with van der Waals surface area (Å²) in [5, 5.41) is 11.3. The van der Waals surface area contributed by atoms with Crippen molar-refractivity contribution in [2.24, 2.45) is 5.10 Å². The number of H-pyrrole nitrogens is 1. The zero-order chi connectivity index (χ0) is 15.5. The van der Waals surface area contributed by atoms with Gasteiger partial charge in [0.15, 0.2) is 5.82 Å². The van der Waals surface area contributed by atoms with Crippen molar-refractivity contribution >= 4 is 34.4 Å². The van der Waals surface area contributed by atoms with E-state index < -0.39 is 0 Å². The van der Waals surface area contributed by atoms with Gasteiger partial charge in [0.05, 0.1) is 6.21 Å². The van der Waals surface area contributed by atoms with Crippen LogP contribution in [-0.2, 0) is 0 Å². The minimum Gasteiger partial charge on any atom is -0.250 e. The monoisotopic (exact) mass is 376 g/mol. The lowest BCUT2D eigenvalue weighted by atomic mass is 10.2. The van der Waals surface area contributed by atoms with Crippen LogP contribution in [0.1, 0.15) is 5.56 Å². The van der Waals surface area contributed by atoms with Crippen LogP contribution >= 0.6 is 28.1 Å². The van der Waals surface area contributed by atoms with Crippen molar-refractivity contribution < 1.29 is 4.39 Å². The highest BCUT2D eigenvalue weighted by molar-refractivity contribution is 9.10. The largest absolute Gasteiger partial charge is 0.250 e. The first-order chi connectivity index (χ1) is 10.6. The molecule has 0 unspecified atom stereocenters. The highest BCUT2D eigenvalue weighted by Crippen LogP contribution is 2.26. The van der Waals surface area contributed by atoms with Gasteiger partial charge in [-0.05, 0) is 42.0 Å². The quantitative estimate of drug-likeness (QED) is 0.544. The molecule has 0 bridgehead atoms. The lowest BCUT2D eigenvalue weighted by molar-refractivity contribution is 0.628. The van der Waals surface area contributed by atoms with Gasteiger partial charge in [0, 0.05) is 10.0 Å². The Labute approximate surface area is 139 Å². The molecule has 0 aliphatic carbocycles. The van der Waals surface area contributed by atoms with Crippen molar-refractivity contribution in [1.82, 2.24) is 14.9 Å². The molecule has 2 aromatic carbocycles. The molecule has 0 aliphatic rings. The molecule has 1 heterocycles. The van der Waals surface area contributed by atoms with E-state index in [1.165, 1.54) is 16.8 Å². The second kappa shape index (κ2) is 6.33. The predicted octanol–water partition coefficient (Wildman–Crippen LogP) is 4.39. The van der Waals surface area contributed by atoms with Crippen LogP contribution in [0.2, 0.25) is 0 Å². The lowest BCUT2D eigenvalue weighted by Gasteiger charge is -2.03. The Balaban J connectivity index is 2.02. The third kappa shape index (κ3) is 3.05. The predicted molar refractivity (Wildman–Crippen MR) is 89.9 cm³/mol. The number of nitrogens with one attached hydrogen (secondary N) is 1. The summed E-state index contributed by atoms with van der Waals surface area (Å²) in [4.78, 5) is 0. The number of hydrogen-bond donors (Lipinski definition) is 1. The molecular formula is C15H10BrFN4S. The van der Waals surface area contributed by atoms with Gasteiger partial charge < -0.3 is 0 Å². The maximum atomic E-state index is 12.9. The van der Waals surface area contributed by atoms with E-state index in [4.69, 9.17) is 12.2 Å². The van der Waals surface area contributed by atoms with E-state index in [1.807, 2.05) is 24.3 Å². The SMILES string of the molecule is Fc1ccc(/C=N/n2c(-c3ccccc3Br)n[nH]c2=S)cc1. The van der Waals surface area contributed by atoms with Gasteiger partial charge in [-0.25, -0.2) is 9.49 Å². The Morgan fingerprint density at radius 2 is 1.91 bits per heavy atom. The molecule has 0 fully saturated rings. The zero-order valence-corrected chi connectivity index (χ0v) is 13.6. The summed E-state index contributed by atoms with van der Waals surface area (Å²) in [6, 6.07) is 13.7. The van der Waals surface area contributed by atoms with Gasteiger partial charge in [-0.1, -0.05) is 40.2 Å². The van der Waals surface area contributed by atoms with E-state index in [0.717, 1.165) is 15.6 Å². The molecule has 0 radical (unpaired) electrons. The Morgan fingerprint density at radius 3 is 2.64 bits per heavy atom. The molecule has 0 amide bonds. The molecule has 0 spiro atoms. The van der Waals surface area contributed by atoms with Crippen molar-refractivity contribution in [3.05, 3.63) is 69.2 Å². The molecule has 3 aromatic rings. The van der Waals surface area contributed by atoms with Crippen LogP contribution in [0.5, 0.6) is 0 Å². The average Bonchev–Trinajstić information content (AvgIpc) is 2.88. The summed E-state index contributed by atoms with van der Waals surface area (Å²) >= 11 is 8.69. The summed E-state index contributed by atoms with van der Waals surface area (Å²) < 4.78 is 15.7. The van der Waals surface area contributed by atoms with Crippen LogP contribution in [0.3, 0.4) is 0 Å². The molecule has 22 heavy (non-hydrogen) atoms. The second-order valence-electron chi connectivity index (χ2n) is 4.44. The second-order valence-corrected chi connectivity index (χ2v) is 5.68. The Hall–Kier alpha value is -2.12. The highest BCUT2D eigenvalue weighted by atomic mass is 79.9. The van der Waals surface area contributed by atoms with Crippen molar-refractivity contribution in [2.45, 2.75) is 0 Å². The Bertz CT molecular complexity index is 883. The maximum Gasteiger partial charge on any atom is 0.216 e. The number of hydrogen-bond acceptors (Lipinski definition) is 3. The highest BCUT2D eigenvalue weighted by Gasteiger charge is 2.10. The third-order valence-electron chi connectivity index (χ3n) is 2.96. The number of halogens is 2. The van der Waals surface area contributed by atoms with Gasteiger partial charge in [-0.2, -0.15) is 14.9 Å². The average molecular weight is 377 g/mol. The standard InChI is InChI=1S/C15H10BrFN4S/c16-13-4-2-1-3-12(13)14-19-20-15(22)21(14)18-9-10-5-7-11(17)8-6-10/h1-9H,(H,20,22)/b18-9+. The molecule has 4 nitrogen and oxygen atoms in total. The molecule has 0 aliphatic heterocycles. The van der Waals surface area contributed by atoms with E-state index in [9.17, 15) is 4.39 Å². The Kier molecular flexibility index (Phi) is 4.26. The van der Waals surface area contributed by atoms with Crippen LogP contribution < -0.4 is 0 Å². The first-order valence-electron chi connectivity index (χ1n) is 6.37. The molecular weight excluding hydrogens is 367 g/mol. The summed E-state index contributed by atoms with van der Waals surface area (Å²) in [5.74, 6) is 0.307. The van der Waals surface area contributed by atoms with Crippen molar-refractivity contribution in [1.29, 1.82) is 0 Å². The lowest BCUT2D eigenvalue weighted by Crippen LogP contribution is -1.95. The van der Waals surface area contributed by atoms with E-state index in [0.29, 0.717) is 10.6 Å². The fourth-order valence-corrected chi connectivity index (χ4v) is 2.53. The van der Waals surface area contributed by atoms with Gasteiger partial charge in [-0.3, -0.25) is 0 Å². The fraction of sp³-hybridized carbons (Fsp3) is 0. The number of nitrogens with zero attached hydrogens (tertiary/aromatic N) is 3. The van der Waals surface area contributed by atoms with Gasteiger partial charge in [0.1, 0.15) is 5.82 Å².